The lowest BCUT2D eigenvalue weighted by atomic mass is 9.96. The van der Waals surface area contributed by atoms with Crippen molar-refractivity contribution in [3.63, 3.8) is 0 Å². The highest BCUT2D eigenvalue weighted by molar-refractivity contribution is 5.94. The van der Waals surface area contributed by atoms with E-state index in [1.807, 2.05) is 0 Å². The Labute approximate surface area is 110 Å². The molecular weight excluding hydrogens is 248 g/mol. The Balaban J connectivity index is 2.75. The summed E-state index contributed by atoms with van der Waals surface area (Å²) in [5.74, 6) is -2.30. The van der Waals surface area contributed by atoms with E-state index in [1.54, 1.807) is 26.8 Å². The predicted molar refractivity (Wildman–Crippen MR) is 70.1 cm³/mol. The first-order valence-corrected chi connectivity index (χ1v) is 6.04. The van der Waals surface area contributed by atoms with Crippen LogP contribution in [-0.4, -0.2) is 28.5 Å². The summed E-state index contributed by atoms with van der Waals surface area (Å²) in [7, 11) is 0. The fraction of sp³-hybridized carbons (Fsp3) is 0.462. The molecule has 0 radical (unpaired) electrons. The number of rotatable bonds is 5. The van der Waals surface area contributed by atoms with E-state index < -0.39 is 23.4 Å². The van der Waals surface area contributed by atoms with Crippen LogP contribution in [0.25, 0.3) is 0 Å². The number of hydrogen-bond donors (Lipinski definition) is 3. The van der Waals surface area contributed by atoms with E-state index in [1.165, 1.54) is 6.07 Å². The van der Waals surface area contributed by atoms with Crippen molar-refractivity contribution in [1.82, 2.24) is 10.3 Å². The highest BCUT2D eigenvalue weighted by atomic mass is 16.4. The maximum absolute atomic E-state index is 11.8. The first kappa shape index (κ1) is 14.9. The normalized spacial score (nSPS) is 12.2. The van der Waals surface area contributed by atoms with Crippen molar-refractivity contribution < 1.29 is 14.7 Å². The van der Waals surface area contributed by atoms with Crippen molar-refractivity contribution >= 4 is 11.9 Å². The largest absolute Gasteiger partial charge is 0.481 e. The zero-order valence-electron chi connectivity index (χ0n) is 11.2. The molecule has 0 aliphatic heterocycles. The van der Waals surface area contributed by atoms with Crippen LogP contribution in [0.15, 0.2) is 16.9 Å². The van der Waals surface area contributed by atoms with Gasteiger partial charge < -0.3 is 15.4 Å². The van der Waals surface area contributed by atoms with Crippen LogP contribution < -0.4 is 10.9 Å². The summed E-state index contributed by atoms with van der Waals surface area (Å²) in [6.07, 6.45) is 0. The minimum atomic E-state index is -0.965. The molecule has 0 saturated heterocycles. The van der Waals surface area contributed by atoms with E-state index in [9.17, 15) is 14.4 Å². The number of carboxylic acids is 1. The Morgan fingerprint density at radius 3 is 2.47 bits per heavy atom. The van der Waals surface area contributed by atoms with Crippen LogP contribution in [-0.2, 0) is 4.79 Å². The molecular formula is C13H18N2O4. The quantitative estimate of drug-likeness (QED) is 0.733. The molecule has 1 aromatic heterocycles. The summed E-state index contributed by atoms with van der Waals surface area (Å²) in [6, 6.07) is 3.04. The zero-order valence-corrected chi connectivity index (χ0v) is 11.2. The number of aryl methyl sites for hydroxylation is 1. The fourth-order valence-electron chi connectivity index (χ4n) is 1.66. The molecule has 0 bridgehead atoms. The third-order valence-electron chi connectivity index (χ3n) is 2.90. The third-order valence-corrected chi connectivity index (χ3v) is 2.90. The molecule has 1 aromatic rings. The van der Waals surface area contributed by atoms with Crippen LogP contribution in [0, 0.1) is 18.8 Å². The average Bonchev–Trinajstić information content (AvgIpc) is 2.27. The van der Waals surface area contributed by atoms with E-state index >= 15 is 0 Å². The number of H-pyrrole nitrogens is 1. The third kappa shape index (κ3) is 3.94. The summed E-state index contributed by atoms with van der Waals surface area (Å²) in [6.45, 7) is 5.24. The Morgan fingerprint density at radius 2 is 2.00 bits per heavy atom. The highest BCUT2D eigenvalue weighted by Crippen LogP contribution is 2.09. The number of nitrogens with one attached hydrogen (secondary N) is 2. The molecule has 0 saturated carbocycles. The molecule has 104 valence electrons. The summed E-state index contributed by atoms with van der Waals surface area (Å²) < 4.78 is 0. The number of aliphatic carboxylic acids is 1. The smallest absolute Gasteiger partial charge is 0.308 e. The lowest BCUT2D eigenvalue weighted by Crippen LogP contribution is -2.37. The number of aromatic amines is 1. The number of aromatic nitrogens is 1. The van der Waals surface area contributed by atoms with Crippen molar-refractivity contribution in [3.8, 4) is 0 Å². The van der Waals surface area contributed by atoms with Crippen molar-refractivity contribution in [2.45, 2.75) is 20.8 Å². The maximum atomic E-state index is 11.8. The van der Waals surface area contributed by atoms with Gasteiger partial charge in [0.05, 0.1) is 5.92 Å². The Bertz CT molecular complexity index is 534. The van der Waals surface area contributed by atoms with Gasteiger partial charge in [-0.3, -0.25) is 14.4 Å². The summed E-state index contributed by atoms with van der Waals surface area (Å²) in [5, 5.41) is 11.5. The number of amides is 1. The first-order valence-electron chi connectivity index (χ1n) is 6.04. The molecule has 0 fully saturated rings. The van der Waals surface area contributed by atoms with Gasteiger partial charge in [0.15, 0.2) is 0 Å². The van der Waals surface area contributed by atoms with E-state index in [0.717, 1.165) is 0 Å². The van der Waals surface area contributed by atoms with E-state index in [4.69, 9.17) is 5.11 Å². The monoisotopic (exact) mass is 266 g/mol. The van der Waals surface area contributed by atoms with E-state index in [2.05, 4.69) is 10.3 Å². The summed E-state index contributed by atoms with van der Waals surface area (Å²) in [5.41, 5.74) is 0.166. The lowest BCUT2D eigenvalue weighted by Gasteiger charge is -2.16. The zero-order chi connectivity index (χ0) is 14.6. The molecule has 0 aliphatic carbocycles. The van der Waals surface area contributed by atoms with E-state index in [0.29, 0.717) is 5.69 Å². The Kier molecular flexibility index (Phi) is 4.86. The first-order chi connectivity index (χ1) is 8.82. The second-order valence-electron chi connectivity index (χ2n) is 4.78. The van der Waals surface area contributed by atoms with Crippen molar-refractivity contribution in [2.24, 2.45) is 11.8 Å². The maximum Gasteiger partial charge on any atom is 0.308 e. The fourth-order valence-corrected chi connectivity index (χ4v) is 1.66. The Hall–Kier alpha value is -2.11. The predicted octanol–water partition coefficient (Wildman–Crippen LogP) is 0.770. The molecule has 1 atom stereocenters. The SMILES string of the molecule is Cc1ccc(C(=O)NCC(C(=O)O)C(C)C)c(=O)[nH]1. The van der Waals surface area contributed by atoms with Crippen LogP contribution >= 0.6 is 0 Å². The van der Waals surface area contributed by atoms with Crippen LogP contribution in [0.4, 0.5) is 0 Å². The molecule has 1 amide bonds. The van der Waals surface area contributed by atoms with E-state index in [-0.39, 0.29) is 18.0 Å². The second kappa shape index (κ2) is 6.17. The van der Waals surface area contributed by atoms with Gasteiger partial charge in [0.2, 0.25) is 0 Å². The minimum Gasteiger partial charge on any atom is -0.481 e. The van der Waals surface area contributed by atoms with Crippen LogP contribution in [0.1, 0.15) is 29.9 Å². The molecule has 1 unspecified atom stereocenters. The van der Waals surface area contributed by atoms with Gasteiger partial charge in [-0.1, -0.05) is 13.8 Å². The van der Waals surface area contributed by atoms with Gasteiger partial charge in [0.1, 0.15) is 5.56 Å². The highest BCUT2D eigenvalue weighted by Gasteiger charge is 2.22. The molecule has 0 aromatic carbocycles. The molecule has 1 rings (SSSR count). The number of carboxylic acid groups (broad SMARTS) is 1. The molecule has 3 N–H and O–H groups in total. The van der Waals surface area contributed by atoms with Crippen molar-refractivity contribution in [3.05, 3.63) is 33.7 Å². The standard InChI is InChI=1S/C13H18N2O4/c1-7(2)10(13(18)19)6-14-11(16)9-5-4-8(3)15-12(9)17/h4-5,7,10H,6H2,1-3H3,(H,14,16)(H,15,17)(H,18,19). The Morgan fingerprint density at radius 1 is 1.37 bits per heavy atom. The molecule has 0 aliphatic rings. The van der Waals surface area contributed by atoms with Gasteiger partial charge in [-0.2, -0.15) is 0 Å². The number of carbonyl (C=O) groups excluding carboxylic acids is 1. The number of carbonyl (C=O) groups is 2. The van der Waals surface area contributed by atoms with Crippen molar-refractivity contribution in [1.29, 1.82) is 0 Å². The second-order valence-corrected chi connectivity index (χ2v) is 4.78. The lowest BCUT2D eigenvalue weighted by molar-refractivity contribution is -0.142. The van der Waals surface area contributed by atoms with Gasteiger partial charge in [0.25, 0.3) is 11.5 Å². The van der Waals surface area contributed by atoms with Crippen LogP contribution in [0.5, 0.6) is 0 Å². The van der Waals surface area contributed by atoms with Crippen LogP contribution in [0.2, 0.25) is 0 Å². The summed E-state index contributed by atoms with van der Waals surface area (Å²) >= 11 is 0. The number of pyridine rings is 1. The molecule has 6 nitrogen and oxygen atoms in total. The van der Waals surface area contributed by atoms with Gasteiger partial charge in [-0.05, 0) is 25.0 Å². The molecule has 0 spiro atoms. The molecule has 19 heavy (non-hydrogen) atoms. The van der Waals surface area contributed by atoms with Gasteiger partial charge in [-0.25, -0.2) is 0 Å². The van der Waals surface area contributed by atoms with Gasteiger partial charge in [0, 0.05) is 12.2 Å². The number of hydrogen-bond acceptors (Lipinski definition) is 3. The van der Waals surface area contributed by atoms with Crippen molar-refractivity contribution in [2.75, 3.05) is 6.54 Å². The summed E-state index contributed by atoms with van der Waals surface area (Å²) in [4.78, 5) is 36.9. The molecule has 6 heteroatoms. The average molecular weight is 266 g/mol. The van der Waals surface area contributed by atoms with Gasteiger partial charge in [-0.15, -0.1) is 0 Å². The molecule has 1 heterocycles. The van der Waals surface area contributed by atoms with Crippen LogP contribution in [0.3, 0.4) is 0 Å². The van der Waals surface area contributed by atoms with Gasteiger partial charge >= 0.3 is 5.97 Å². The topological polar surface area (TPSA) is 99.3 Å². The minimum absolute atomic E-state index is 0.000843.